The lowest BCUT2D eigenvalue weighted by molar-refractivity contribution is -0.135. The second kappa shape index (κ2) is 10.3. The van der Waals surface area contributed by atoms with Crippen molar-refractivity contribution in [2.45, 2.75) is 39.8 Å². The summed E-state index contributed by atoms with van der Waals surface area (Å²) in [5.41, 5.74) is 0. The molecule has 0 aromatic carbocycles. The van der Waals surface area contributed by atoms with Gasteiger partial charge in [0.1, 0.15) is 0 Å². The Labute approximate surface area is 166 Å². The Balaban J connectivity index is 1.81. The summed E-state index contributed by atoms with van der Waals surface area (Å²) in [6.07, 6.45) is -3.93. The molecule has 2 aliphatic heterocycles. The number of hydrogen-bond donors (Lipinski definition) is 1. The van der Waals surface area contributed by atoms with Gasteiger partial charge in [-0.3, -0.25) is 14.7 Å². The molecule has 0 saturated carbocycles. The van der Waals surface area contributed by atoms with E-state index in [1.54, 1.807) is 0 Å². The minimum absolute atomic E-state index is 0.178. The van der Waals surface area contributed by atoms with E-state index >= 15 is 0 Å². The van der Waals surface area contributed by atoms with Crippen molar-refractivity contribution < 1.29 is 18.0 Å². The highest BCUT2D eigenvalue weighted by molar-refractivity contribution is 5.80. The third-order valence-corrected chi connectivity index (χ3v) is 5.24. The molecule has 0 aliphatic carbocycles. The number of halogens is 3. The summed E-state index contributed by atoms with van der Waals surface area (Å²) in [5.74, 6) is 1.79. The molecule has 9 heteroatoms. The number of aliphatic imine (C=N–C) groups is 1. The highest BCUT2D eigenvalue weighted by Gasteiger charge is 2.29. The fraction of sp³-hybridized carbons (Fsp3) is 0.895. The van der Waals surface area contributed by atoms with Crippen LogP contribution in [0.25, 0.3) is 0 Å². The number of alkyl halides is 3. The number of hydrogen-bond acceptors (Lipinski definition) is 3. The van der Waals surface area contributed by atoms with Gasteiger partial charge < -0.3 is 15.1 Å². The van der Waals surface area contributed by atoms with Gasteiger partial charge in [-0.05, 0) is 25.2 Å². The van der Waals surface area contributed by atoms with Crippen molar-refractivity contribution in [1.29, 1.82) is 0 Å². The Kier molecular flexibility index (Phi) is 8.39. The number of rotatable bonds is 5. The zero-order valence-corrected chi connectivity index (χ0v) is 17.3. The molecular weight excluding hydrogens is 371 g/mol. The summed E-state index contributed by atoms with van der Waals surface area (Å²) < 4.78 is 37.1. The van der Waals surface area contributed by atoms with E-state index in [1.807, 2.05) is 16.7 Å². The smallest absolute Gasteiger partial charge is 0.357 e. The van der Waals surface area contributed by atoms with Crippen molar-refractivity contribution in [2.75, 3.05) is 58.9 Å². The molecule has 0 radical (unpaired) electrons. The number of nitrogens with zero attached hydrogens (tertiary/aromatic N) is 4. The zero-order valence-electron chi connectivity index (χ0n) is 17.3. The van der Waals surface area contributed by atoms with Crippen LogP contribution in [-0.2, 0) is 4.79 Å². The van der Waals surface area contributed by atoms with Crippen LogP contribution in [0.5, 0.6) is 0 Å². The van der Waals surface area contributed by atoms with Gasteiger partial charge in [0, 0.05) is 45.8 Å². The van der Waals surface area contributed by atoms with Crippen LogP contribution < -0.4 is 5.32 Å². The minimum atomic E-state index is -4.19. The van der Waals surface area contributed by atoms with E-state index in [4.69, 9.17) is 0 Å². The fourth-order valence-corrected chi connectivity index (χ4v) is 3.99. The third kappa shape index (κ3) is 7.48. The van der Waals surface area contributed by atoms with Gasteiger partial charge in [-0.15, -0.1) is 0 Å². The van der Waals surface area contributed by atoms with Crippen molar-refractivity contribution in [3.63, 3.8) is 0 Å². The van der Waals surface area contributed by atoms with Gasteiger partial charge >= 0.3 is 6.18 Å². The molecule has 28 heavy (non-hydrogen) atoms. The van der Waals surface area contributed by atoms with Gasteiger partial charge in [0.2, 0.25) is 5.91 Å². The number of carbonyl (C=O) groups is 1. The number of guanidine groups is 1. The lowest BCUT2D eigenvalue weighted by Crippen LogP contribution is -2.55. The van der Waals surface area contributed by atoms with Gasteiger partial charge in [-0.1, -0.05) is 13.8 Å². The van der Waals surface area contributed by atoms with Crippen LogP contribution in [0.15, 0.2) is 4.99 Å². The lowest BCUT2D eigenvalue weighted by Gasteiger charge is -2.39. The van der Waals surface area contributed by atoms with E-state index in [-0.39, 0.29) is 12.5 Å². The molecule has 0 aromatic heterocycles. The molecule has 1 N–H and O–H groups in total. The molecule has 2 aliphatic rings. The van der Waals surface area contributed by atoms with Crippen LogP contribution in [0.1, 0.15) is 33.6 Å². The van der Waals surface area contributed by atoms with Gasteiger partial charge in [-0.25, -0.2) is 0 Å². The first-order valence-corrected chi connectivity index (χ1v) is 10.3. The molecule has 0 aromatic rings. The largest absolute Gasteiger partial charge is 0.390 e. The molecule has 2 saturated heterocycles. The Morgan fingerprint density at radius 1 is 1.07 bits per heavy atom. The highest BCUT2D eigenvalue weighted by Crippen LogP contribution is 2.21. The van der Waals surface area contributed by atoms with Crippen molar-refractivity contribution in [1.82, 2.24) is 20.0 Å². The Morgan fingerprint density at radius 2 is 1.68 bits per heavy atom. The van der Waals surface area contributed by atoms with Crippen LogP contribution in [0.3, 0.4) is 0 Å². The molecular formula is C19H34F3N5O. The van der Waals surface area contributed by atoms with Gasteiger partial charge in [0.05, 0.1) is 19.5 Å². The maximum Gasteiger partial charge on any atom is 0.390 e. The molecule has 0 bridgehead atoms. The average Bonchev–Trinajstić information content (AvgIpc) is 2.60. The summed E-state index contributed by atoms with van der Waals surface area (Å²) in [4.78, 5) is 22.8. The summed E-state index contributed by atoms with van der Waals surface area (Å²) in [6.45, 7) is 11.4. The maximum absolute atomic E-state index is 12.6. The van der Waals surface area contributed by atoms with E-state index < -0.39 is 12.6 Å². The molecule has 2 rings (SSSR count). The fourth-order valence-electron chi connectivity index (χ4n) is 3.99. The van der Waals surface area contributed by atoms with E-state index in [0.717, 1.165) is 13.1 Å². The normalized spacial score (nSPS) is 25.1. The number of amides is 1. The second-order valence-corrected chi connectivity index (χ2v) is 8.11. The number of nitrogens with one attached hydrogen (secondary N) is 1. The Morgan fingerprint density at radius 3 is 2.21 bits per heavy atom. The summed E-state index contributed by atoms with van der Waals surface area (Å²) in [6, 6.07) is 0. The summed E-state index contributed by atoms with van der Waals surface area (Å²) in [7, 11) is 0. The van der Waals surface area contributed by atoms with Crippen LogP contribution in [0.4, 0.5) is 13.2 Å². The van der Waals surface area contributed by atoms with E-state index in [0.29, 0.717) is 57.1 Å². The van der Waals surface area contributed by atoms with Crippen molar-refractivity contribution >= 4 is 11.9 Å². The predicted molar refractivity (Wildman–Crippen MR) is 104 cm³/mol. The molecule has 0 spiro atoms. The van der Waals surface area contributed by atoms with Crippen molar-refractivity contribution in [3.8, 4) is 0 Å². The molecule has 6 nitrogen and oxygen atoms in total. The SMILES string of the molecule is CCNC(=NCCC(F)(F)F)N1CCN(CC(=O)N2CC(C)CC(C)C2)CC1. The molecule has 2 unspecified atom stereocenters. The van der Waals surface area contributed by atoms with Gasteiger partial charge in [0.25, 0.3) is 0 Å². The summed E-state index contributed by atoms with van der Waals surface area (Å²) in [5, 5.41) is 3.07. The zero-order chi connectivity index (χ0) is 20.7. The number of piperidine rings is 1. The molecule has 2 atom stereocenters. The summed E-state index contributed by atoms with van der Waals surface area (Å²) >= 11 is 0. The first-order chi connectivity index (χ1) is 13.2. The van der Waals surface area contributed by atoms with Gasteiger partial charge in [0.15, 0.2) is 5.96 Å². The molecule has 2 heterocycles. The Bertz CT molecular complexity index is 522. The number of likely N-dealkylation sites (tertiary alicyclic amines) is 1. The molecule has 2 fully saturated rings. The van der Waals surface area contributed by atoms with Crippen molar-refractivity contribution in [3.05, 3.63) is 0 Å². The third-order valence-electron chi connectivity index (χ3n) is 5.24. The van der Waals surface area contributed by atoms with Gasteiger partial charge in [-0.2, -0.15) is 13.2 Å². The number of piperazine rings is 1. The van der Waals surface area contributed by atoms with Crippen molar-refractivity contribution in [2.24, 2.45) is 16.8 Å². The highest BCUT2D eigenvalue weighted by atomic mass is 19.4. The van der Waals surface area contributed by atoms with E-state index in [2.05, 4.69) is 29.1 Å². The quantitative estimate of drug-likeness (QED) is 0.562. The monoisotopic (exact) mass is 405 g/mol. The second-order valence-electron chi connectivity index (χ2n) is 8.11. The average molecular weight is 406 g/mol. The Hall–Kier alpha value is -1.51. The lowest BCUT2D eigenvalue weighted by atomic mass is 9.92. The number of carbonyl (C=O) groups excluding carboxylic acids is 1. The first-order valence-electron chi connectivity index (χ1n) is 10.3. The maximum atomic E-state index is 12.6. The predicted octanol–water partition coefficient (Wildman–Crippen LogP) is 2.03. The van der Waals surface area contributed by atoms with E-state index in [9.17, 15) is 18.0 Å². The van der Waals surface area contributed by atoms with Crippen LogP contribution in [0, 0.1) is 11.8 Å². The first kappa shape index (κ1) is 22.8. The standard InChI is InChI=1S/C19H34F3N5O/c1-4-23-18(24-6-5-19(20,21)22)26-9-7-25(8-10-26)14-17(28)27-12-15(2)11-16(3)13-27/h15-16H,4-14H2,1-3H3,(H,23,24). The van der Waals surface area contributed by atoms with Crippen LogP contribution >= 0.6 is 0 Å². The minimum Gasteiger partial charge on any atom is -0.357 e. The van der Waals surface area contributed by atoms with Crippen LogP contribution in [0.2, 0.25) is 0 Å². The van der Waals surface area contributed by atoms with E-state index in [1.165, 1.54) is 6.42 Å². The molecule has 1 amide bonds. The topological polar surface area (TPSA) is 51.2 Å². The van der Waals surface area contributed by atoms with Crippen LogP contribution in [-0.4, -0.2) is 91.6 Å². The molecule has 162 valence electrons.